The number of aliphatic hydroxyl groups is 2. The number of amides is 1. The van der Waals surface area contributed by atoms with Gasteiger partial charge in [0.05, 0.1) is 25.4 Å². The number of esters is 1. The fraction of sp³-hybridized carbons (Fsp3) is 0.881. The average Bonchev–Trinajstić information content (AvgIpc) is 3.39. The van der Waals surface area contributed by atoms with Crippen molar-refractivity contribution in [1.82, 2.24) is 5.32 Å². The van der Waals surface area contributed by atoms with Crippen LogP contribution in [-0.4, -0.2) is 47.4 Å². The van der Waals surface area contributed by atoms with E-state index in [1.807, 2.05) is 6.08 Å². The number of rotatable bonds is 61. The highest BCUT2D eigenvalue weighted by molar-refractivity contribution is 5.76. The SMILES string of the molecule is CCCCCCCCCCCCCCCC/C=C/C(O)C(CO)NC(=O)CCCCCCCCCCCCCCC/C=C\C/C=C\CCCCCCCCCCCOC(=O)CCCCCCCCCCCCC. The van der Waals surface area contributed by atoms with E-state index >= 15 is 0 Å². The molecule has 0 saturated heterocycles. The first-order valence-corrected chi connectivity index (χ1v) is 32.8. The van der Waals surface area contributed by atoms with Gasteiger partial charge < -0.3 is 20.3 Å². The van der Waals surface area contributed by atoms with Gasteiger partial charge in [0.15, 0.2) is 0 Å². The second-order valence-corrected chi connectivity index (χ2v) is 22.5. The van der Waals surface area contributed by atoms with E-state index in [9.17, 15) is 19.8 Å². The van der Waals surface area contributed by atoms with Gasteiger partial charge in [-0.1, -0.05) is 314 Å². The largest absolute Gasteiger partial charge is 0.466 e. The summed E-state index contributed by atoms with van der Waals surface area (Å²) in [5.41, 5.74) is 0. The van der Waals surface area contributed by atoms with Gasteiger partial charge in [-0.15, -0.1) is 0 Å². The van der Waals surface area contributed by atoms with E-state index in [-0.39, 0.29) is 18.5 Å². The number of nitrogens with one attached hydrogen (secondary N) is 1. The molecule has 2 atom stereocenters. The third-order valence-electron chi connectivity index (χ3n) is 15.2. The van der Waals surface area contributed by atoms with Crippen molar-refractivity contribution in [3.8, 4) is 0 Å². The van der Waals surface area contributed by atoms with Gasteiger partial charge in [-0.25, -0.2) is 0 Å². The number of allylic oxidation sites excluding steroid dienone is 5. The van der Waals surface area contributed by atoms with Gasteiger partial charge in [0.1, 0.15) is 0 Å². The molecule has 0 heterocycles. The first kappa shape index (κ1) is 71.1. The molecule has 6 nitrogen and oxygen atoms in total. The van der Waals surface area contributed by atoms with Gasteiger partial charge in [0.25, 0.3) is 0 Å². The van der Waals surface area contributed by atoms with Crippen molar-refractivity contribution in [3.63, 3.8) is 0 Å². The fourth-order valence-corrected chi connectivity index (χ4v) is 10.1. The summed E-state index contributed by atoms with van der Waals surface area (Å²) in [6.07, 6.45) is 79.2. The van der Waals surface area contributed by atoms with Gasteiger partial charge in [-0.2, -0.15) is 0 Å². The topological polar surface area (TPSA) is 95.9 Å². The molecule has 6 heteroatoms. The number of carbonyl (C=O) groups excluding carboxylic acids is 2. The van der Waals surface area contributed by atoms with E-state index in [4.69, 9.17) is 4.74 Å². The van der Waals surface area contributed by atoms with Crippen molar-refractivity contribution in [1.29, 1.82) is 0 Å². The Hall–Kier alpha value is -1.92. The molecule has 0 spiro atoms. The molecule has 1 amide bonds. The molecule has 0 aromatic rings. The Kier molecular flexibility index (Phi) is 61.0. The first-order valence-electron chi connectivity index (χ1n) is 32.8. The summed E-state index contributed by atoms with van der Waals surface area (Å²) in [5.74, 6) is -0.0556. The molecule has 0 aliphatic rings. The van der Waals surface area contributed by atoms with Crippen LogP contribution in [0.5, 0.6) is 0 Å². The monoisotopic (exact) mass is 1030 g/mol. The Balaban J connectivity index is 3.43. The van der Waals surface area contributed by atoms with Gasteiger partial charge >= 0.3 is 5.97 Å². The standard InChI is InChI=1S/C67H127NO5/c1-3-5-7-9-11-13-15-16-17-33-36-40-43-47-51-55-59-65(70)64(63-69)68-66(71)60-56-52-48-44-41-37-34-31-29-27-25-23-21-19-18-20-22-24-26-28-30-32-35-38-42-46-50-54-58-62-73-67(72)61-57-53-49-45-39-14-12-10-8-6-4-2/h18,20,24,26,55,59,64-65,69-70H,3-17,19,21-23,25,27-54,56-58,60-63H2,1-2H3,(H,68,71)/b20-18-,26-24-,59-55+. The number of hydrogen-bond acceptors (Lipinski definition) is 5. The molecular formula is C67H127NO5. The van der Waals surface area contributed by atoms with Crippen LogP contribution >= 0.6 is 0 Å². The lowest BCUT2D eigenvalue weighted by Gasteiger charge is -2.20. The summed E-state index contributed by atoms with van der Waals surface area (Å²) in [4.78, 5) is 24.5. The second kappa shape index (κ2) is 62.6. The van der Waals surface area contributed by atoms with Crippen molar-refractivity contribution in [2.24, 2.45) is 0 Å². The maximum Gasteiger partial charge on any atom is 0.305 e. The first-order chi connectivity index (χ1) is 36.0. The third-order valence-corrected chi connectivity index (χ3v) is 15.2. The molecule has 0 aliphatic carbocycles. The van der Waals surface area contributed by atoms with Gasteiger partial charge in [-0.05, 0) is 64.2 Å². The summed E-state index contributed by atoms with van der Waals surface area (Å²) in [5, 5.41) is 23.2. The van der Waals surface area contributed by atoms with Gasteiger partial charge in [0.2, 0.25) is 5.91 Å². The Morgan fingerprint density at radius 3 is 1.04 bits per heavy atom. The molecule has 2 unspecified atom stereocenters. The highest BCUT2D eigenvalue weighted by atomic mass is 16.5. The molecule has 3 N–H and O–H groups in total. The lowest BCUT2D eigenvalue weighted by Crippen LogP contribution is -2.45. The number of unbranched alkanes of at least 4 members (excludes halogenated alkanes) is 46. The molecule has 73 heavy (non-hydrogen) atoms. The smallest absolute Gasteiger partial charge is 0.305 e. The number of hydrogen-bond donors (Lipinski definition) is 3. The van der Waals surface area contributed by atoms with Crippen LogP contribution in [0.2, 0.25) is 0 Å². The molecule has 0 rings (SSSR count). The summed E-state index contributed by atoms with van der Waals surface area (Å²) >= 11 is 0. The Morgan fingerprint density at radius 1 is 0.384 bits per heavy atom. The van der Waals surface area contributed by atoms with Crippen LogP contribution in [0.15, 0.2) is 36.5 Å². The lowest BCUT2D eigenvalue weighted by molar-refractivity contribution is -0.143. The Morgan fingerprint density at radius 2 is 0.685 bits per heavy atom. The van der Waals surface area contributed by atoms with Gasteiger partial charge in [-0.3, -0.25) is 9.59 Å². The van der Waals surface area contributed by atoms with Crippen LogP contribution in [0.3, 0.4) is 0 Å². The minimum Gasteiger partial charge on any atom is -0.466 e. The molecule has 0 aliphatic heterocycles. The number of aliphatic hydroxyl groups excluding tert-OH is 2. The molecule has 0 bridgehead atoms. The highest BCUT2D eigenvalue weighted by Gasteiger charge is 2.18. The van der Waals surface area contributed by atoms with Crippen LogP contribution < -0.4 is 5.32 Å². The van der Waals surface area contributed by atoms with Gasteiger partial charge in [0, 0.05) is 12.8 Å². The Labute approximate surface area is 455 Å². The summed E-state index contributed by atoms with van der Waals surface area (Å²) in [6, 6.07) is -0.629. The molecule has 0 saturated carbocycles. The molecule has 430 valence electrons. The zero-order chi connectivity index (χ0) is 52.9. The summed E-state index contributed by atoms with van der Waals surface area (Å²) in [7, 11) is 0. The molecule has 0 aromatic carbocycles. The quantitative estimate of drug-likeness (QED) is 0.0320. The van der Waals surface area contributed by atoms with E-state index in [1.165, 1.54) is 283 Å². The minimum absolute atomic E-state index is 0.0114. The predicted octanol–water partition coefficient (Wildman–Crippen LogP) is 20.8. The van der Waals surface area contributed by atoms with Crippen molar-refractivity contribution in [2.75, 3.05) is 13.2 Å². The predicted molar refractivity (Wildman–Crippen MR) is 319 cm³/mol. The van der Waals surface area contributed by atoms with E-state index in [2.05, 4.69) is 43.5 Å². The molecule has 0 radical (unpaired) electrons. The maximum atomic E-state index is 12.5. The second-order valence-electron chi connectivity index (χ2n) is 22.5. The van der Waals surface area contributed by atoms with Crippen molar-refractivity contribution in [2.45, 2.75) is 366 Å². The molecular weight excluding hydrogens is 899 g/mol. The summed E-state index contributed by atoms with van der Waals surface area (Å²) < 4.78 is 5.47. The highest BCUT2D eigenvalue weighted by Crippen LogP contribution is 2.17. The van der Waals surface area contributed by atoms with Crippen LogP contribution in [-0.2, 0) is 14.3 Å². The van der Waals surface area contributed by atoms with Crippen molar-refractivity contribution in [3.05, 3.63) is 36.5 Å². The van der Waals surface area contributed by atoms with Crippen LogP contribution in [0, 0.1) is 0 Å². The van der Waals surface area contributed by atoms with E-state index in [0.29, 0.717) is 19.4 Å². The zero-order valence-corrected chi connectivity index (χ0v) is 49.1. The van der Waals surface area contributed by atoms with Crippen molar-refractivity contribution < 1.29 is 24.5 Å². The third kappa shape index (κ3) is 59.2. The normalized spacial score (nSPS) is 12.8. The number of ether oxygens (including phenoxy) is 1. The lowest BCUT2D eigenvalue weighted by atomic mass is 10.0. The average molecular weight is 1030 g/mol. The minimum atomic E-state index is -0.845. The van der Waals surface area contributed by atoms with E-state index in [1.54, 1.807) is 6.08 Å². The Bertz CT molecular complexity index is 1180. The van der Waals surface area contributed by atoms with Crippen LogP contribution in [0.25, 0.3) is 0 Å². The molecule has 0 fully saturated rings. The van der Waals surface area contributed by atoms with Crippen LogP contribution in [0.4, 0.5) is 0 Å². The van der Waals surface area contributed by atoms with E-state index in [0.717, 1.165) is 44.9 Å². The zero-order valence-electron chi connectivity index (χ0n) is 49.1. The maximum absolute atomic E-state index is 12.5. The summed E-state index contributed by atoms with van der Waals surface area (Å²) in [6.45, 7) is 4.92. The number of carbonyl (C=O) groups is 2. The fourth-order valence-electron chi connectivity index (χ4n) is 10.1. The van der Waals surface area contributed by atoms with Crippen LogP contribution in [0.1, 0.15) is 354 Å². The van der Waals surface area contributed by atoms with E-state index < -0.39 is 12.1 Å². The molecule has 0 aromatic heterocycles. The van der Waals surface area contributed by atoms with Crippen molar-refractivity contribution >= 4 is 11.9 Å².